The van der Waals surface area contributed by atoms with E-state index in [1.54, 1.807) is 47.1 Å². The Morgan fingerprint density at radius 3 is 2.17 bits per heavy atom. The number of rotatable bonds is 4. The highest BCUT2D eigenvalue weighted by molar-refractivity contribution is 6.30. The maximum absolute atomic E-state index is 12.7. The molecular weight excluding hydrogens is 388 g/mol. The van der Waals surface area contributed by atoms with Gasteiger partial charge in [0.1, 0.15) is 5.82 Å². The lowest BCUT2D eigenvalue weighted by Gasteiger charge is -2.20. The van der Waals surface area contributed by atoms with Crippen LogP contribution in [0.2, 0.25) is 5.02 Å². The number of hydrogen-bond acceptors (Lipinski definition) is 3. The third kappa shape index (κ3) is 5.23. The summed E-state index contributed by atoms with van der Waals surface area (Å²) < 4.78 is 1.63. The van der Waals surface area contributed by atoms with E-state index in [9.17, 15) is 9.59 Å². The van der Waals surface area contributed by atoms with Gasteiger partial charge in [0, 0.05) is 27.8 Å². The van der Waals surface area contributed by atoms with Crippen LogP contribution in [-0.4, -0.2) is 27.1 Å². The summed E-state index contributed by atoms with van der Waals surface area (Å²) in [5.41, 5.74) is 2.11. The molecule has 0 bridgehead atoms. The summed E-state index contributed by atoms with van der Waals surface area (Å²) in [4.78, 5) is 24.9. The zero-order chi connectivity index (χ0) is 21.2. The van der Waals surface area contributed by atoms with Crippen molar-refractivity contribution in [1.82, 2.24) is 15.1 Å². The van der Waals surface area contributed by atoms with Crippen molar-refractivity contribution in [1.29, 1.82) is 0 Å². The highest BCUT2D eigenvalue weighted by atomic mass is 35.5. The zero-order valence-corrected chi connectivity index (χ0v) is 17.5. The van der Waals surface area contributed by atoms with Gasteiger partial charge in [0.15, 0.2) is 0 Å². The van der Waals surface area contributed by atoms with Crippen molar-refractivity contribution in [3.05, 3.63) is 76.4 Å². The Labute approximate surface area is 174 Å². The van der Waals surface area contributed by atoms with Gasteiger partial charge < -0.3 is 10.6 Å². The van der Waals surface area contributed by atoms with Crippen LogP contribution in [-0.2, 0) is 0 Å². The lowest BCUT2D eigenvalue weighted by molar-refractivity contribution is 0.0918. The van der Waals surface area contributed by atoms with Crippen LogP contribution >= 0.6 is 11.6 Å². The second-order valence-corrected chi connectivity index (χ2v) is 8.23. The lowest BCUT2D eigenvalue weighted by Crippen LogP contribution is -2.40. The van der Waals surface area contributed by atoms with Gasteiger partial charge in [-0.25, -0.2) is 4.68 Å². The predicted octanol–water partition coefficient (Wildman–Crippen LogP) is 4.61. The number of carbonyl (C=O) groups excluding carboxylic acids is 2. The molecule has 1 aromatic heterocycles. The molecule has 0 saturated carbocycles. The zero-order valence-electron chi connectivity index (χ0n) is 16.8. The Hall–Kier alpha value is -3.12. The molecule has 3 aromatic rings. The first-order valence-corrected chi connectivity index (χ1v) is 9.57. The Morgan fingerprint density at radius 2 is 1.59 bits per heavy atom. The molecule has 0 aliphatic rings. The predicted molar refractivity (Wildman–Crippen MR) is 115 cm³/mol. The number of nitrogens with zero attached hydrogens (tertiary/aromatic N) is 2. The van der Waals surface area contributed by atoms with Crippen molar-refractivity contribution < 1.29 is 9.59 Å². The van der Waals surface area contributed by atoms with Crippen LogP contribution in [0.15, 0.2) is 54.6 Å². The molecule has 0 saturated heterocycles. The minimum absolute atomic E-state index is 0.181. The largest absolute Gasteiger partial charge is 0.347 e. The SMILES string of the molecule is Cc1cc(NC(=O)c2ccc(C(=O)NC(C)(C)C)cc2)n(-c2cccc(Cl)c2)n1. The first-order valence-electron chi connectivity index (χ1n) is 9.19. The molecule has 0 fully saturated rings. The van der Waals surface area contributed by atoms with Gasteiger partial charge >= 0.3 is 0 Å². The molecule has 6 nitrogen and oxygen atoms in total. The maximum atomic E-state index is 12.7. The van der Waals surface area contributed by atoms with Crippen LogP contribution in [0.5, 0.6) is 0 Å². The van der Waals surface area contributed by atoms with Crippen LogP contribution < -0.4 is 10.6 Å². The molecule has 1 heterocycles. The van der Waals surface area contributed by atoms with Gasteiger partial charge in [-0.15, -0.1) is 0 Å². The van der Waals surface area contributed by atoms with Crippen molar-refractivity contribution in [2.24, 2.45) is 0 Å². The van der Waals surface area contributed by atoms with Gasteiger partial charge in [-0.3, -0.25) is 9.59 Å². The molecule has 7 heteroatoms. The number of aryl methyl sites for hydroxylation is 1. The van der Waals surface area contributed by atoms with Crippen LogP contribution in [0, 0.1) is 6.92 Å². The minimum Gasteiger partial charge on any atom is -0.347 e. The van der Waals surface area contributed by atoms with Gasteiger partial charge in [-0.2, -0.15) is 5.10 Å². The highest BCUT2D eigenvalue weighted by Crippen LogP contribution is 2.21. The topological polar surface area (TPSA) is 76.0 Å². The van der Waals surface area contributed by atoms with Crippen molar-refractivity contribution in [2.45, 2.75) is 33.2 Å². The molecule has 3 rings (SSSR count). The summed E-state index contributed by atoms with van der Waals surface area (Å²) in [5.74, 6) is 0.0550. The molecule has 2 aromatic carbocycles. The van der Waals surface area contributed by atoms with E-state index in [0.717, 1.165) is 11.4 Å². The van der Waals surface area contributed by atoms with E-state index in [2.05, 4.69) is 15.7 Å². The third-order valence-electron chi connectivity index (χ3n) is 4.02. The molecule has 150 valence electrons. The summed E-state index contributed by atoms with van der Waals surface area (Å²) in [6.45, 7) is 7.59. The van der Waals surface area contributed by atoms with Crippen molar-refractivity contribution in [3.8, 4) is 5.69 Å². The number of nitrogens with one attached hydrogen (secondary N) is 2. The van der Waals surface area contributed by atoms with E-state index in [-0.39, 0.29) is 17.4 Å². The van der Waals surface area contributed by atoms with Crippen LogP contribution in [0.3, 0.4) is 0 Å². The number of halogens is 1. The summed E-state index contributed by atoms with van der Waals surface area (Å²) in [5, 5.41) is 10.8. The number of carbonyl (C=O) groups is 2. The van der Waals surface area contributed by atoms with Crippen molar-refractivity contribution in [2.75, 3.05) is 5.32 Å². The number of aromatic nitrogens is 2. The Bertz CT molecular complexity index is 1050. The Kier molecular flexibility index (Phi) is 5.75. The molecule has 29 heavy (non-hydrogen) atoms. The first-order chi connectivity index (χ1) is 13.6. The first kappa shape index (κ1) is 20.6. The maximum Gasteiger partial charge on any atom is 0.256 e. The second kappa shape index (κ2) is 8.09. The third-order valence-corrected chi connectivity index (χ3v) is 4.26. The van der Waals surface area contributed by atoms with E-state index in [4.69, 9.17) is 11.6 Å². The van der Waals surface area contributed by atoms with E-state index in [0.29, 0.717) is 22.0 Å². The average Bonchev–Trinajstić information content (AvgIpc) is 3.00. The van der Waals surface area contributed by atoms with E-state index >= 15 is 0 Å². The molecule has 0 spiro atoms. The molecular formula is C22H23ClN4O2. The minimum atomic E-state index is -0.330. The standard InChI is InChI=1S/C22H23ClN4O2/c1-14-12-19(27(26-14)18-7-5-6-17(23)13-18)24-20(28)15-8-10-16(11-9-15)21(29)25-22(2,3)4/h5-13H,1-4H3,(H,24,28)(H,25,29). The molecule has 0 radical (unpaired) electrons. The fourth-order valence-corrected chi connectivity index (χ4v) is 2.95. The van der Waals surface area contributed by atoms with Crippen LogP contribution in [0.25, 0.3) is 5.69 Å². The quantitative estimate of drug-likeness (QED) is 0.659. The summed E-state index contributed by atoms with van der Waals surface area (Å²) >= 11 is 6.07. The molecule has 2 amide bonds. The average molecular weight is 411 g/mol. The van der Waals surface area contributed by atoms with Crippen LogP contribution in [0.1, 0.15) is 47.2 Å². The fourth-order valence-electron chi connectivity index (χ4n) is 2.77. The van der Waals surface area contributed by atoms with Gasteiger partial charge in [0.05, 0.1) is 11.4 Å². The lowest BCUT2D eigenvalue weighted by atomic mass is 10.1. The number of benzene rings is 2. The van der Waals surface area contributed by atoms with E-state index in [1.165, 1.54) is 0 Å². The van der Waals surface area contributed by atoms with Gasteiger partial charge in [-0.1, -0.05) is 17.7 Å². The number of hydrogen-bond donors (Lipinski definition) is 2. The molecule has 0 unspecified atom stereocenters. The molecule has 0 atom stereocenters. The smallest absolute Gasteiger partial charge is 0.256 e. The monoisotopic (exact) mass is 410 g/mol. The van der Waals surface area contributed by atoms with Crippen molar-refractivity contribution >= 4 is 29.2 Å². The number of amides is 2. The Balaban J connectivity index is 1.78. The molecule has 2 N–H and O–H groups in total. The van der Waals surface area contributed by atoms with Gasteiger partial charge in [0.2, 0.25) is 0 Å². The summed E-state index contributed by atoms with van der Waals surface area (Å²) in [6, 6.07) is 15.5. The second-order valence-electron chi connectivity index (χ2n) is 7.80. The van der Waals surface area contributed by atoms with Gasteiger partial charge in [0.25, 0.3) is 11.8 Å². The fraction of sp³-hybridized carbons (Fsp3) is 0.227. The van der Waals surface area contributed by atoms with E-state index in [1.807, 2.05) is 39.8 Å². The van der Waals surface area contributed by atoms with Crippen LogP contribution in [0.4, 0.5) is 5.82 Å². The highest BCUT2D eigenvalue weighted by Gasteiger charge is 2.17. The molecule has 0 aliphatic carbocycles. The van der Waals surface area contributed by atoms with Gasteiger partial charge in [-0.05, 0) is 70.2 Å². The van der Waals surface area contributed by atoms with Crippen molar-refractivity contribution in [3.63, 3.8) is 0 Å². The summed E-state index contributed by atoms with van der Waals surface area (Å²) in [6.07, 6.45) is 0. The number of anilines is 1. The molecule has 0 aliphatic heterocycles. The van der Waals surface area contributed by atoms with E-state index < -0.39 is 0 Å². The summed E-state index contributed by atoms with van der Waals surface area (Å²) in [7, 11) is 0. The normalized spacial score (nSPS) is 11.2. The Morgan fingerprint density at radius 1 is 0.966 bits per heavy atom.